The fraction of sp³-hybridized carbons (Fsp3) is 0.312. The summed E-state index contributed by atoms with van der Waals surface area (Å²) in [6.45, 7) is 4.69. The topological polar surface area (TPSA) is 24.9 Å². The van der Waals surface area contributed by atoms with E-state index in [0.717, 1.165) is 30.3 Å². The Bertz CT molecular complexity index is 584. The third-order valence-electron chi connectivity index (χ3n) is 3.13. The second-order valence-corrected chi connectivity index (χ2v) is 4.78. The van der Waals surface area contributed by atoms with Crippen LogP contribution in [0.1, 0.15) is 36.2 Å². The third kappa shape index (κ3) is 3.39. The Balaban J connectivity index is 2.41. The molecule has 1 atom stereocenters. The number of nitrogens with one attached hydrogen (secondary N) is 1. The van der Waals surface area contributed by atoms with Crippen LogP contribution in [0.25, 0.3) is 0 Å². The molecule has 0 radical (unpaired) electrons. The Morgan fingerprint density at radius 3 is 2.65 bits per heavy atom. The highest BCUT2D eigenvalue weighted by molar-refractivity contribution is 5.33. The van der Waals surface area contributed by atoms with Crippen molar-refractivity contribution in [3.05, 3.63) is 65.0 Å². The van der Waals surface area contributed by atoms with Gasteiger partial charge in [0.1, 0.15) is 11.6 Å². The molecule has 2 aromatic rings. The number of hydrogen-bond donors (Lipinski definition) is 1. The van der Waals surface area contributed by atoms with Crippen LogP contribution in [0.3, 0.4) is 0 Å². The Kier molecular flexibility index (Phi) is 4.79. The molecule has 0 aliphatic heterocycles. The largest absolute Gasteiger partial charge is 0.306 e. The van der Waals surface area contributed by atoms with Crippen LogP contribution in [0, 0.1) is 18.6 Å². The summed E-state index contributed by atoms with van der Waals surface area (Å²) in [6.07, 6.45) is 2.64. The Morgan fingerprint density at radius 1 is 1.20 bits per heavy atom. The number of aromatic nitrogens is 1. The van der Waals surface area contributed by atoms with Gasteiger partial charge in [-0.2, -0.15) is 0 Å². The molecule has 0 spiro atoms. The fourth-order valence-corrected chi connectivity index (χ4v) is 2.18. The average molecular weight is 276 g/mol. The van der Waals surface area contributed by atoms with Gasteiger partial charge < -0.3 is 5.32 Å². The first-order valence-electron chi connectivity index (χ1n) is 6.72. The SMILES string of the molecule is CCCNC(c1ccnc(C)c1)c1ccc(F)cc1F. The minimum absolute atomic E-state index is 0.294. The van der Waals surface area contributed by atoms with E-state index in [1.54, 1.807) is 6.20 Å². The molecule has 20 heavy (non-hydrogen) atoms. The minimum Gasteiger partial charge on any atom is -0.306 e. The van der Waals surface area contributed by atoms with E-state index in [4.69, 9.17) is 0 Å². The lowest BCUT2D eigenvalue weighted by molar-refractivity contribution is 0.532. The molecule has 0 bridgehead atoms. The van der Waals surface area contributed by atoms with Crippen molar-refractivity contribution in [3.8, 4) is 0 Å². The summed E-state index contributed by atoms with van der Waals surface area (Å²) in [4.78, 5) is 4.15. The predicted molar refractivity (Wildman–Crippen MR) is 75.5 cm³/mol. The summed E-state index contributed by atoms with van der Waals surface area (Å²) in [5, 5.41) is 3.30. The van der Waals surface area contributed by atoms with Crippen LogP contribution in [0.2, 0.25) is 0 Å². The molecule has 1 unspecified atom stereocenters. The summed E-state index contributed by atoms with van der Waals surface area (Å²) in [5.41, 5.74) is 2.25. The highest BCUT2D eigenvalue weighted by Gasteiger charge is 2.18. The number of hydrogen-bond acceptors (Lipinski definition) is 2. The van der Waals surface area contributed by atoms with Crippen molar-refractivity contribution in [3.63, 3.8) is 0 Å². The summed E-state index contributed by atoms with van der Waals surface area (Å²) in [5.74, 6) is -1.10. The lowest BCUT2D eigenvalue weighted by atomic mass is 9.98. The highest BCUT2D eigenvalue weighted by Crippen LogP contribution is 2.25. The summed E-state index contributed by atoms with van der Waals surface area (Å²) in [7, 11) is 0. The lowest BCUT2D eigenvalue weighted by Gasteiger charge is -2.20. The van der Waals surface area contributed by atoms with E-state index in [9.17, 15) is 8.78 Å². The molecule has 0 aliphatic carbocycles. The van der Waals surface area contributed by atoms with Crippen LogP contribution in [-0.4, -0.2) is 11.5 Å². The number of pyridine rings is 1. The van der Waals surface area contributed by atoms with E-state index in [0.29, 0.717) is 5.56 Å². The smallest absolute Gasteiger partial charge is 0.131 e. The first kappa shape index (κ1) is 14.6. The quantitative estimate of drug-likeness (QED) is 0.899. The van der Waals surface area contributed by atoms with E-state index in [1.807, 2.05) is 26.0 Å². The van der Waals surface area contributed by atoms with E-state index < -0.39 is 11.6 Å². The standard InChI is InChI=1S/C16H18F2N2/c1-3-7-20-16(12-6-8-19-11(2)9-12)14-5-4-13(17)10-15(14)18/h4-6,8-10,16,20H,3,7H2,1-2H3. The van der Waals surface area contributed by atoms with Crippen LogP contribution in [0.15, 0.2) is 36.5 Å². The van der Waals surface area contributed by atoms with Gasteiger partial charge in [-0.05, 0) is 43.7 Å². The number of benzene rings is 1. The first-order chi connectivity index (χ1) is 9.61. The molecule has 4 heteroatoms. The van der Waals surface area contributed by atoms with Gasteiger partial charge in [0.25, 0.3) is 0 Å². The van der Waals surface area contributed by atoms with Gasteiger partial charge >= 0.3 is 0 Å². The Labute approximate surface area is 117 Å². The third-order valence-corrected chi connectivity index (χ3v) is 3.13. The summed E-state index contributed by atoms with van der Waals surface area (Å²) >= 11 is 0. The fourth-order valence-electron chi connectivity index (χ4n) is 2.18. The van der Waals surface area contributed by atoms with Gasteiger partial charge in [-0.3, -0.25) is 4.98 Å². The van der Waals surface area contributed by atoms with Crippen molar-refractivity contribution in [1.82, 2.24) is 10.3 Å². The van der Waals surface area contributed by atoms with E-state index in [2.05, 4.69) is 10.3 Å². The number of aryl methyl sites for hydroxylation is 1. The molecule has 0 aliphatic rings. The lowest BCUT2D eigenvalue weighted by Crippen LogP contribution is -2.24. The zero-order chi connectivity index (χ0) is 14.5. The van der Waals surface area contributed by atoms with Crippen LogP contribution in [-0.2, 0) is 0 Å². The molecule has 1 N–H and O–H groups in total. The normalized spacial score (nSPS) is 12.4. The van der Waals surface area contributed by atoms with Crippen LogP contribution in [0.5, 0.6) is 0 Å². The second kappa shape index (κ2) is 6.57. The minimum atomic E-state index is -0.564. The number of rotatable bonds is 5. The molecule has 1 heterocycles. The van der Waals surface area contributed by atoms with Gasteiger partial charge in [-0.1, -0.05) is 13.0 Å². The monoisotopic (exact) mass is 276 g/mol. The van der Waals surface area contributed by atoms with Crippen LogP contribution in [0.4, 0.5) is 8.78 Å². The van der Waals surface area contributed by atoms with Crippen molar-refractivity contribution in [2.45, 2.75) is 26.3 Å². The van der Waals surface area contributed by atoms with Gasteiger partial charge in [0.2, 0.25) is 0 Å². The van der Waals surface area contributed by atoms with Gasteiger partial charge in [-0.25, -0.2) is 8.78 Å². The maximum atomic E-state index is 14.0. The Morgan fingerprint density at radius 2 is 2.00 bits per heavy atom. The molecule has 0 fully saturated rings. The first-order valence-corrected chi connectivity index (χ1v) is 6.72. The van der Waals surface area contributed by atoms with Gasteiger partial charge in [0.15, 0.2) is 0 Å². The summed E-state index contributed by atoms with van der Waals surface area (Å²) < 4.78 is 27.1. The summed E-state index contributed by atoms with van der Waals surface area (Å²) in [6, 6.07) is 7.17. The van der Waals surface area contributed by atoms with E-state index in [-0.39, 0.29) is 6.04 Å². The van der Waals surface area contributed by atoms with Crippen molar-refractivity contribution < 1.29 is 8.78 Å². The molecule has 1 aromatic heterocycles. The molecule has 2 rings (SSSR count). The van der Waals surface area contributed by atoms with Gasteiger partial charge in [0, 0.05) is 23.5 Å². The average Bonchev–Trinajstić information content (AvgIpc) is 2.41. The van der Waals surface area contributed by atoms with Crippen molar-refractivity contribution in [1.29, 1.82) is 0 Å². The Hall–Kier alpha value is -1.81. The molecule has 0 saturated heterocycles. The predicted octanol–water partition coefficient (Wildman–Crippen LogP) is 3.76. The molecule has 0 amide bonds. The van der Waals surface area contributed by atoms with Gasteiger partial charge in [0.05, 0.1) is 6.04 Å². The molecular formula is C16H18F2N2. The van der Waals surface area contributed by atoms with Crippen molar-refractivity contribution in [2.75, 3.05) is 6.54 Å². The zero-order valence-electron chi connectivity index (χ0n) is 11.7. The molecule has 2 nitrogen and oxygen atoms in total. The molecule has 1 aromatic carbocycles. The van der Waals surface area contributed by atoms with Crippen LogP contribution < -0.4 is 5.32 Å². The van der Waals surface area contributed by atoms with Crippen LogP contribution >= 0.6 is 0 Å². The zero-order valence-corrected chi connectivity index (χ0v) is 11.7. The van der Waals surface area contributed by atoms with Gasteiger partial charge in [-0.15, -0.1) is 0 Å². The van der Waals surface area contributed by atoms with Crippen molar-refractivity contribution >= 4 is 0 Å². The number of nitrogens with zero attached hydrogens (tertiary/aromatic N) is 1. The van der Waals surface area contributed by atoms with Crippen molar-refractivity contribution in [2.24, 2.45) is 0 Å². The van der Waals surface area contributed by atoms with E-state index >= 15 is 0 Å². The maximum absolute atomic E-state index is 14.0. The maximum Gasteiger partial charge on any atom is 0.131 e. The molecule has 0 saturated carbocycles. The van der Waals surface area contributed by atoms with E-state index in [1.165, 1.54) is 12.1 Å². The number of halogens is 2. The highest BCUT2D eigenvalue weighted by atomic mass is 19.1. The molecule has 106 valence electrons. The second-order valence-electron chi connectivity index (χ2n) is 4.78. The molecular weight excluding hydrogens is 258 g/mol.